The highest BCUT2D eigenvalue weighted by atomic mass is 15.1. The molecule has 2 nitrogen and oxygen atoms in total. The number of rotatable bonds is 6. The number of benzene rings is 10. The molecule has 0 aromatic heterocycles. The van der Waals surface area contributed by atoms with E-state index >= 15 is 0 Å². The highest BCUT2D eigenvalue weighted by Crippen LogP contribution is 2.66. The molecule has 83 heavy (non-hydrogen) atoms. The van der Waals surface area contributed by atoms with E-state index in [0.29, 0.717) is 0 Å². The van der Waals surface area contributed by atoms with E-state index in [4.69, 9.17) is 0 Å². The topological polar surface area (TPSA) is 6.48 Å². The van der Waals surface area contributed by atoms with Gasteiger partial charge in [0.05, 0.1) is 5.41 Å². The first-order chi connectivity index (χ1) is 38.9. The van der Waals surface area contributed by atoms with Crippen LogP contribution in [0.3, 0.4) is 0 Å². The van der Waals surface area contributed by atoms with Crippen LogP contribution in [0.25, 0.3) is 43.8 Å². The minimum absolute atomic E-state index is 0.0394. The predicted octanol–water partition coefficient (Wildman–Crippen LogP) is 23.1. The average Bonchev–Trinajstić information content (AvgIpc) is 1.56. The second-order valence-corrected chi connectivity index (χ2v) is 30.4. The van der Waals surface area contributed by atoms with E-state index < -0.39 is 5.41 Å². The zero-order valence-electron chi connectivity index (χ0n) is 52.9. The van der Waals surface area contributed by atoms with Crippen molar-refractivity contribution in [3.63, 3.8) is 0 Å². The van der Waals surface area contributed by atoms with Gasteiger partial charge in [-0.05, 0) is 205 Å². The van der Waals surface area contributed by atoms with Crippen molar-refractivity contribution >= 4 is 55.7 Å². The van der Waals surface area contributed by atoms with Gasteiger partial charge in [0.2, 0.25) is 0 Å². The Morgan fingerprint density at radius 3 is 0.747 bits per heavy atom. The molecule has 0 N–H and O–H groups in total. The third-order valence-electron chi connectivity index (χ3n) is 18.4. The molecule has 12 rings (SSSR count). The number of fused-ring (bicyclic) bond motifs is 14. The van der Waals surface area contributed by atoms with Crippen LogP contribution >= 0.6 is 0 Å². The van der Waals surface area contributed by atoms with Crippen molar-refractivity contribution in [2.24, 2.45) is 0 Å². The Morgan fingerprint density at radius 2 is 0.482 bits per heavy atom. The normalized spacial score (nSPS) is 14.0. The van der Waals surface area contributed by atoms with Crippen LogP contribution in [0.5, 0.6) is 0 Å². The quantitative estimate of drug-likeness (QED) is 0.164. The van der Waals surface area contributed by atoms with E-state index in [2.05, 4.69) is 329 Å². The Kier molecular flexibility index (Phi) is 12.9. The maximum Gasteiger partial charge on any atom is 0.0737 e. The molecule has 0 saturated carbocycles. The highest BCUT2D eigenvalue weighted by Gasteiger charge is 2.54. The smallest absolute Gasteiger partial charge is 0.0737 e. The Morgan fingerprint density at radius 1 is 0.229 bits per heavy atom. The minimum atomic E-state index is -0.624. The lowest BCUT2D eigenvalue weighted by molar-refractivity contribution is 0.589. The molecule has 10 aromatic rings. The van der Waals surface area contributed by atoms with Crippen LogP contribution in [0.15, 0.2) is 194 Å². The maximum absolute atomic E-state index is 2.54. The van der Waals surface area contributed by atoms with E-state index in [9.17, 15) is 0 Å². The van der Waals surface area contributed by atoms with E-state index in [1.165, 1.54) is 99.4 Å². The summed E-state index contributed by atoms with van der Waals surface area (Å²) in [5, 5.41) is 5.00. The number of nitrogens with zero attached hydrogens (tertiary/aromatic N) is 2. The lowest BCUT2D eigenvalue weighted by Gasteiger charge is -2.34. The Hall–Kier alpha value is -7.68. The zero-order chi connectivity index (χ0) is 59.1. The minimum Gasteiger partial charge on any atom is -0.310 e. The van der Waals surface area contributed by atoms with Gasteiger partial charge in [-0.1, -0.05) is 246 Å². The average molecular weight is 1090 g/mol. The van der Waals surface area contributed by atoms with Crippen molar-refractivity contribution in [1.29, 1.82) is 0 Å². The van der Waals surface area contributed by atoms with Crippen LogP contribution in [0, 0.1) is 0 Å². The maximum atomic E-state index is 2.54. The molecule has 0 aliphatic heterocycles. The molecule has 0 atom stereocenters. The first-order valence-electron chi connectivity index (χ1n) is 30.4. The summed E-state index contributed by atoms with van der Waals surface area (Å²) in [6.07, 6.45) is 0. The fraction of sp³-hybridized carbons (Fsp3) is 0.309. The van der Waals surface area contributed by atoms with Crippen molar-refractivity contribution < 1.29 is 0 Å². The van der Waals surface area contributed by atoms with Gasteiger partial charge in [0, 0.05) is 34.1 Å². The third-order valence-corrected chi connectivity index (χ3v) is 18.4. The van der Waals surface area contributed by atoms with Gasteiger partial charge in [0.1, 0.15) is 0 Å². The molecule has 2 heteroatoms. The summed E-state index contributed by atoms with van der Waals surface area (Å²) in [7, 11) is 0. The Labute approximate surface area is 497 Å². The van der Waals surface area contributed by atoms with Gasteiger partial charge in [0.15, 0.2) is 0 Å². The standard InChI is InChI=1S/C81H86N2/c1-75(2,3)53-21-31-59(32-22-53)82(60-33-23-54(24-34-60)76(4,5)6)63-39-43-65-51(47-63)19-41-67-68-42-20-52-48-64(83(61-35-25-55(26-36-61)77(7,8)9)62-37-27-56(28-38-62)78(10,11)12)40-44-66(52)74(68)81(73(65)67)71-45-29-57(79(13,14)15)49-69(71)70-50-58(80(16,17)18)30-46-72(70)81/h19-50H,1-18H3. The van der Waals surface area contributed by atoms with Crippen molar-refractivity contribution in [1.82, 2.24) is 0 Å². The number of anilines is 6. The van der Waals surface area contributed by atoms with Crippen LogP contribution < -0.4 is 9.80 Å². The molecule has 2 aliphatic rings. The van der Waals surface area contributed by atoms with Gasteiger partial charge < -0.3 is 9.80 Å². The van der Waals surface area contributed by atoms with Crippen molar-refractivity contribution in [3.8, 4) is 22.3 Å². The van der Waals surface area contributed by atoms with E-state index in [-0.39, 0.29) is 32.5 Å². The molecule has 0 bridgehead atoms. The summed E-state index contributed by atoms with van der Waals surface area (Å²) in [4.78, 5) is 4.90. The van der Waals surface area contributed by atoms with E-state index in [0.717, 1.165) is 34.1 Å². The second-order valence-electron chi connectivity index (χ2n) is 30.4. The molecular weight excluding hydrogens is 1000 g/mol. The molecule has 0 heterocycles. The highest BCUT2D eigenvalue weighted by molar-refractivity contribution is 6.10. The molecule has 0 amide bonds. The summed E-state index contributed by atoms with van der Waals surface area (Å²) in [6.45, 7) is 41.6. The Balaban J connectivity index is 1.11. The lowest BCUT2D eigenvalue weighted by Crippen LogP contribution is -2.27. The molecule has 2 aliphatic carbocycles. The molecule has 0 fully saturated rings. The molecule has 0 saturated heterocycles. The van der Waals surface area contributed by atoms with Crippen LogP contribution in [-0.4, -0.2) is 0 Å². The molecular formula is C81H86N2. The molecule has 420 valence electrons. The summed E-state index contributed by atoms with van der Waals surface area (Å²) < 4.78 is 0. The van der Waals surface area contributed by atoms with Crippen molar-refractivity contribution in [2.45, 2.75) is 163 Å². The van der Waals surface area contributed by atoms with Gasteiger partial charge in [0.25, 0.3) is 0 Å². The van der Waals surface area contributed by atoms with Gasteiger partial charge >= 0.3 is 0 Å². The summed E-state index contributed by atoms with van der Waals surface area (Å²) in [6, 6.07) is 76.2. The van der Waals surface area contributed by atoms with Crippen LogP contribution in [0.2, 0.25) is 0 Å². The van der Waals surface area contributed by atoms with Crippen LogP contribution in [0.1, 0.15) is 180 Å². The Bertz CT molecular complexity index is 3760. The molecule has 10 aromatic carbocycles. The summed E-state index contributed by atoms with van der Waals surface area (Å²) in [5.41, 5.74) is 25.0. The first-order valence-corrected chi connectivity index (χ1v) is 30.4. The summed E-state index contributed by atoms with van der Waals surface area (Å²) >= 11 is 0. The van der Waals surface area contributed by atoms with Gasteiger partial charge in [-0.15, -0.1) is 0 Å². The van der Waals surface area contributed by atoms with Gasteiger partial charge in [-0.2, -0.15) is 0 Å². The van der Waals surface area contributed by atoms with Crippen LogP contribution in [-0.2, 0) is 37.9 Å². The fourth-order valence-electron chi connectivity index (χ4n) is 13.4. The molecule has 1 spiro atoms. The van der Waals surface area contributed by atoms with E-state index in [1.807, 2.05) is 0 Å². The van der Waals surface area contributed by atoms with Gasteiger partial charge in [-0.25, -0.2) is 0 Å². The van der Waals surface area contributed by atoms with Crippen LogP contribution in [0.4, 0.5) is 34.1 Å². The predicted molar refractivity (Wildman–Crippen MR) is 359 cm³/mol. The largest absolute Gasteiger partial charge is 0.310 e. The lowest BCUT2D eigenvalue weighted by atomic mass is 9.68. The van der Waals surface area contributed by atoms with Crippen molar-refractivity contribution in [2.75, 3.05) is 9.80 Å². The summed E-state index contributed by atoms with van der Waals surface area (Å²) in [5.74, 6) is 0. The molecule has 0 radical (unpaired) electrons. The SMILES string of the molecule is CC(C)(C)c1ccc(N(c2ccc(C(C)(C)C)cc2)c2ccc3c4c(ccc3c2)-c2ccc3cc(N(c5ccc(C(C)(C)C)cc5)c5ccc(C(C)(C)C)cc5)ccc3c2C42c3ccc(C(C)(C)C)cc3-c3cc(C(C)(C)C)ccc32)cc1. The van der Waals surface area contributed by atoms with Crippen molar-refractivity contribution in [3.05, 3.63) is 250 Å². The number of hydrogen-bond donors (Lipinski definition) is 0. The number of hydrogen-bond acceptors (Lipinski definition) is 2. The van der Waals surface area contributed by atoms with Gasteiger partial charge in [-0.3, -0.25) is 0 Å². The van der Waals surface area contributed by atoms with E-state index in [1.54, 1.807) is 0 Å². The zero-order valence-corrected chi connectivity index (χ0v) is 52.9. The monoisotopic (exact) mass is 1090 g/mol. The first kappa shape index (κ1) is 55.8. The molecule has 0 unspecified atom stereocenters. The fourth-order valence-corrected chi connectivity index (χ4v) is 13.4. The second kappa shape index (κ2) is 19.2. The third kappa shape index (κ3) is 9.50.